The minimum atomic E-state index is -3.09. The zero-order valence-electron chi connectivity index (χ0n) is 12.7. The molecule has 2 heterocycles. The third-order valence-corrected chi connectivity index (χ3v) is 6.80. The molecule has 7 heteroatoms. The van der Waals surface area contributed by atoms with Gasteiger partial charge in [0, 0.05) is 37.1 Å². The monoisotopic (exact) mass is 323 g/mol. The van der Waals surface area contributed by atoms with Gasteiger partial charge in [0.1, 0.15) is 0 Å². The highest BCUT2D eigenvalue weighted by Gasteiger charge is 2.56. The lowest BCUT2D eigenvalue weighted by molar-refractivity contribution is 0.0940. The molecule has 2 fully saturated rings. The average molecular weight is 323 g/mol. The maximum absolute atomic E-state index is 12.1. The number of hydrogen-bond acceptors (Lipinski definition) is 4. The second-order valence-corrected chi connectivity index (χ2v) is 8.39. The topological polar surface area (TPSA) is 79.4 Å². The fraction of sp³-hybridized carbons (Fsp3) is 0.600. The van der Waals surface area contributed by atoms with Crippen LogP contribution in [-0.4, -0.2) is 48.5 Å². The number of carbonyl (C=O) groups excluding carboxylic acids is 1. The summed E-state index contributed by atoms with van der Waals surface area (Å²) >= 11 is 0. The van der Waals surface area contributed by atoms with Crippen LogP contribution < -0.4 is 5.32 Å². The number of aromatic nitrogens is 1. The molecule has 120 valence electrons. The Morgan fingerprint density at radius 2 is 2.00 bits per heavy atom. The molecule has 6 nitrogen and oxygen atoms in total. The molecule has 1 saturated carbocycles. The van der Waals surface area contributed by atoms with Crippen LogP contribution in [0.3, 0.4) is 0 Å². The highest BCUT2D eigenvalue weighted by atomic mass is 32.2. The standard InChI is InChI=1S/C15H21N3O3S/c1-2-22(20,21)18-9-5-15(6-10-18)11-13(15)17-14(19)12-3-7-16-8-4-12/h3-4,7-8,13H,2,5-6,9-11H2,1H3,(H,17,19). The Labute approximate surface area is 131 Å². The van der Waals surface area contributed by atoms with Gasteiger partial charge in [0.25, 0.3) is 5.91 Å². The Balaban J connectivity index is 1.56. The number of nitrogens with one attached hydrogen (secondary N) is 1. The van der Waals surface area contributed by atoms with Crippen LogP contribution in [0.25, 0.3) is 0 Å². The molecule has 1 spiro atoms. The van der Waals surface area contributed by atoms with Crippen molar-refractivity contribution >= 4 is 15.9 Å². The molecule has 1 amide bonds. The van der Waals surface area contributed by atoms with Crippen molar-refractivity contribution in [3.8, 4) is 0 Å². The number of amides is 1. The quantitative estimate of drug-likeness (QED) is 0.897. The summed E-state index contributed by atoms with van der Waals surface area (Å²) in [6, 6.07) is 3.56. The van der Waals surface area contributed by atoms with Crippen molar-refractivity contribution in [2.24, 2.45) is 5.41 Å². The van der Waals surface area contributed by atoms with E-state index in [4.69, 9.17) is 0 Å². The van der Waals surface area contributed by atoms with Gasteiger partial charge < -0.3 is 5.32 Å². The number of piperidine rings is 1. The number of pyridine rings is 1. The first-order valence-electron chi connectivity index (χ1n) is 7.65. The summed E-state index contributed by atoms with van der Waals surface area (Å²) in [5.41, 5.74) is 0.714. The van der Waals surface area contributed by atoms with E-state index in [9.17, 15) is 13.2 Å². The first kappa shape index (κ1) is 15.4. The predicted molar refractivity (Wildman–Crippen MR) is 82.8 cm³/mol. The van der Waals surface area contributed by atoms with Gasteiger partial charge in [-0.25, -0.2) is 12.7 Å². The normalized spacial score (nSPS) is 24.1. The van der Waals surface area contributed by atoms with E-state index in [-0.39, 0.29) is 23.1 Å². The summed E-state index contributed by atoms with van der Waals surface area (Å²) in [6.45, 7) is 2.81. The van der Waals surface area contributed by atoms with E-state index in [1.807, 2.05) is 0 Å². The highest BCUT2D eigenvalue weighted by Crippen LogP contribution is 2.54. The fourth-order valence-electron chi connectivity index (χ4n) is 3.24. The molecule has 2 aliphatic rings. The Morgan fingerprint density at radius 1 is 1.36 bits per heavy atom. The first-order valence-corrected chi connectivity index (χ1v) is 9.26. The molecule has 0 radical (unpaired) electrons. The predicted octanol–water partition coefficient (Wildman–Crippen LogP) is 1.02. The van der Waals surface area contributed by atoms with Crippen LogP contribution in [0, 0.1) is 5.41 Å². The zero-order chi connectivity index (χ0) is 15.8. The SMILES string of the molecule is CCS(=O)(=O)N1CCC2(CC1)CC2NC(=O)c1ccncc1. The summed E-state index contributed by atoms with van der Waals surface area (Å²) in [5.74, 6) is 0.0789. The molecule has 1 saturated heterocycles. The molecule has 1 atom stereocenters. The van der Waals surface area contributed by atoms with Crippen LogP contribution in [0.15, 0.2) is 24.5 Å². The molecule has 1 aromatic rings. The van der Waals surface area contributed by atoms with Crippen LogP contribution in [-0.2, 0) is 10.0 Å². The van der Waals surface area contributed by atoms with E-state index >= 15 is 0 Å². The van der Waals surface area contributed by atoms with Crippen molar-refractivity contribution in [3.63, 3.8) is 0 Å². The lowest BCUT2D eigenvalue weighted by Crippen LogP contribution is -2.42. The van der Waals surface area contributed by atoms with E-state index in [1.165, 1.54) is 0 Å². The molecule has 3 rings (SSSR count). The van der Waals surface area contributed by atoms with Gasteiger partial charge in [-0.05, 0) is 43.7 Å². The van der Waals surface area contributed by atoms with Crippen LogP contribution in [0.4, 0.5) is 0 Å². The maximum Gasteiger partial charge on any atom is 0.251 e. The van der Waals surface area contributed by atoms with Crippen LogP contribution in [0.5, 0.6) is 0 Å². The van der Waals surface area contributed by atoms with Gasteiger partial charge in [0.15, 0.2) is 0 Å². The second-order valence-electron chi connectivity index (χ2n) is 6.13. The van der Waals surface area contributed by atoms with Gasteiger partial charge in [0.2, 0.25) is 10.0 Å². The van der Waals surface area contributed by atoms with Gasteiger partial charge in [-0.2, -0.15) is 0 Å². The van der Waals surface area contributed by atoms with Gasteiger partial charge >= 0.3 is 0 Å². The summed E-state index contributed by atoms with van der Waals surface area (Å²) in [7, 11) is -3.09. The summed E-state index contributed by atoms with van der Waals surface area (Å²) in [4.78, 5) is 16.0. The molecular weight excluding hydrogens is 302 g/mol. The van der Waals surface area contributed by atoms with E-state index < -0.39 is 10.0 Å². The van der Waals surface area contributed by atoms with E-state index in [0.29, 0.717) is 18.7 Å². The molecule has 1 aliphatic heterocycles. The Bertz CT molecular complexity index is 652. The first-order chi connectivity index (χ1) is 10.5. The number of rotatable bonds is 4. The van der Waals surface area contributed by atoms with Gasteiger partial charge in [0.05, 0.1) is 5.75 Å². The van der Waals surface area contributed by atoms with E-state index in [1.54, 1.807) is 35.8 Å². The Hall–Kier alpha value is -1.47. The number of hydrogen-bond donors (Lipinski definition) is 1. The van der Waals surface area contributed by atoms with Gasteiger partial charge in [-0.15, -0.1) is 0 Å². The molecule has 0 aromatic carbocycles. The van der Waals surface area contributed by atoms with E-state index in [0.717, 1.165) is 19.3 Å². The molecule has 22 heavy (non-hydrogen) atoms. The number of carbonyl (C=O) groups is 1. The minimum Gasteiger partial charge on any atom is -0.349 e. The lowest BCUT2D eigenvalue weighted by atomic mass is 9.94. The van der Waals surface area contributed by atoms with Crippen LogP contribution >= 0.6 is 0 Å². The van der Waals surface area contributed by atoms with Crippen molar-refractivity contribution in [3.05, 3.63) is 30.1 Å². The smallest absolute Gasteiger partial charge is 0.251 e. The highest BCUT2D eigenvalue weighted by molar-refractivity contribution is 7.89. The molecule has 0 bridgehead atoms. The van der Waals surface area contributed by atoms with Crippen LogP contribution in [0.2, 0.25) is 0 Å². The third-order valence-electron chi connectivity index (χ3n) is 4.91. The molecule has 1 unspecified atom stereocenters. The van der Waals surface area contributed by atoms with Crippen molar-refractivity contribution < 1.29 is 13.2 Å². The maximum atomic E-state index is 12.1. The van der Waals surface area contributed by atoms with E-state index in [2.05, 4.69) is 10.3 Å². The van der Waals surface area contributed by atoms with Gasteiger partial charge in [-0.1, -0.05) is 0 Å². The molecular formula is C15H21N3O3S. The lowest BCUT2D eigenvalue weighted by Gasteiger charge is -2.31. The van der Waals surface area contributed by atoms with Crippen molar-refractivity contribution in [2.75, 3.05) is 18.8 Å². The van der Waals surface area contributed by atoms with Crippen molar-refractivity contribution in [2.45, 2.75) is 32.2 Å². The fourth-order valence-corrected chi connectivity index (χ4v) is 4.35. The Kier molecular flexibility index (Phi) is 3.94. The zero-order valence-corrected chi connectivity index (χ0v) is 13.5. The minimum absolute atomic E-state index is 0.0760. The Morgan fingerprint density at radius 3 is 2.59 bits per heavy atom. The summed E-state index contributed by atoms with van der Waals surface area (Å²) in [5, 5.41) is 3.06. The second kappa shape index (κ2) is 5.62. The average Bonchev–Trinajstić information content (AvgIpc) is 3.19. The number of nitrogens with zero attached hydrogens (tertiary/aromatic N) is 2. The summed E-state index contributed by atoms with van der Waals surface area (Å²) < 4.78 is 25.3. The summed E-state index contributed by atoms with van der Waals surface area (Å²) in [6.07, 6.45) is 5.81. The number of sulfonamides is 1. The molecule has 1 aliphatic carbocycles. The largest absolute Gasteiger partial charge is 0.349 e. The van der Waals surface area contributed by atoms with Crippen molar-refractivity contribution in [1.82, 2.24) is 14.6 Å². The third kappa shape index (κ3) is 2.87. The molecule has 1 aromatic heterocycles. The van der Waals surface area contributed by atoms with Gasteiger partial charge in [-0.3, -0.25) is 9.78 Å². The van der Waals surface area contributed by atoms with Crippen molar-refractivity contribution in [1.29, 1.82) is 0 Å². The molecule has 1 N–H and O–H groups in total. The van der Waals surface area contributed by atoms with Crippen LogP contribution in [0.1, 0.15) is 36.5 Å².